The van der Waals surface area contributed by atoms with E-state index in [-0.39, 0.29) is 0 Å². The molecule has 78 valence electrons. The fraction of sp³-hybridized carbons (Fsp3) is 0.167. The first-order valence-electron chi connectivity index (χ1n) is 4.71. The Labute approximate surface area is 97.4 Å². The van der Waals surface area contributed by atoms with Gasteiger partial charge in [-0.1, -0.05) is 6.07 Å². The van der Waals surface area contributed by atoms with E-state index in [4.69, 9.17) is 4.74 Å². The molecular formula is C12H12BrNO. The van der Waals surface area contributed by atoms with Crippen LogP contribution < -0.4 is 4.74 Å². The van der Waals surface area contributed by atoms with Gasteiger partial charge in [-0.15, -0.1) is 0 Å². The van der Waals surface area contributed by atoms with E-state index in [0.29, 0.717) is 0 Å². The molecule has 2 nitrogen and oxygen atoms in total. The highest BCUT2D eigenvalue weighted by Crippen LogP contribution is 2.35. The van der Waals surface area contributed by atoms with E-state index >= 15 is 0 Å². The van der Waals surface area contributed by atoms with Crippen molar-refractivity contribution in [1.29, 1.82) is 0 Å². The average Bonchev–Trinajstić information content (AvgIpc) is 2.71. The number of aromatic amines is 1. The molecule has 1 aromatic heterocycles. The van der Waals surface area contributed by atoms with Crippen LogP contribution in [0.1, 0.15) is 5.56 Å². The molecule has 0 unspecified atom stereocenters. The van der Waals surface area contributed by atoms with Crippen LogP contribution in [0.25, 0.3) is 11.3 Å². The largest absolute Gasteiger partial charge is 0.495 e. The van der Waals surface area contributed by atoms with Crippen LogP contribution in [-0.2, 0) is 0 Å². The SMILES string of the molecule is COc1c(Br)ccc(-c2ccc[nH]2)c1C. The fourth-order valence-corrected chi connectivity index (χ4v) is 2.29. The summed E-state index contributed by atoms with van der Waals surface area (Å²) in [6, 6.07) is 8.12. The topological polar surface area (TPSA) is 25.0 Å². The molecule has 1 N–H and O–H groups in total. The molecule has 0 bridgehead atoms. The van der Waals surface area contributed by atoms with E-state index < -0.39 is 0 Å². The van der Waals surface area contributed by atoms with Crippen molar-refractivity contribution in [2.24, 2.45) is 0 Å². The zero-order valence-electron chi connectivity index (χ0n) is 8.67. The van der Waals surface area contributed by atoms with Gasteiger partial charge in [0.1, 0.15) is 5.75 Å². The lowest BCUT2D eigenvalue weighted by molar-refractivity contribution is 0.409. The quantitative estimate of drug-likeness (QED) is 0.879. The first-order chi connectivity index (χ1) is 7.24. The summed E-state index contributed by atoms with van der Waals surface area (Å²) in [4.78, 5) is 3.19. The van der Waals surface area contributed by atoms with E-state index in [2.05, 4.69) is 40.0 Å². The number of aromatic nitrogens is 1. The highest BCUT2D eigenvalue weighted by molar-refractivity contribution is 9.10. The van der Waals surface area contributed by atoms with Gasteiger partial charge >= 0.3 is 0 Å². The van der Waals surface area contributed by atoms with E-state index in [1.165, 1.54) is 5.56 Å². The van der Waals surface area contributed by atoms with Crippen molar-refractivity contribution in [3.63, 3.8) is 0 Å². The summed E-state index contributed by atoms with van der Waals surface area (Å²) in [6.45, 7) is 2.06. The third-order valence-electron chi connectivity index (χ3n) is 2.45. The second-order valence-electron chi connectivity index (χ2n) is 3.34. The fourth-order valence-electron chi connectivity index (χ4n) is 1.70. The number of hydrogen-bond donors (Lipinski definition) is 1. The highest BCUT2D eigenvalue weighted by atomic mass is 79.9. The number of benzene rings is 1. The molecule has 15 heavy (non-hydrogen) atoms. The maximum Gasteiger partial charge on any atom is 0.136 e. The van der Waals surface area contributed by atoms with Crippen LogP contribution in [0.2, 0.25) is 0 Å². The van der Waals surface area contributed by atoms with Gasteiger partial charge in [-0.3, -0.25) is 0 Å². The molecule has 0 spiro atoms. The van der Waals surface area contributed by atoms with Gasteiger partial charge in [0.25, 0.3) is 0 Å². The third-order valence-corrected chi connectivity index (χ3v) is 3.07. The van der Waals surface area contributed by atoms with Gasteiger partial charge in [0.15, 0.2) is 0 Å². The van der Waals surface area contributed by atoms with Crippen molar-refractivity contribution in [2.75, 3.05) is 7.11 Å². The summed E-state index contributed by atoms with van der Waals surface area (Å²) in [5.41, 5.74) is 3.41. The second kappa shape index (κ2) is 4.11. The lowest BCUT2D eigenvalue weighted by Crippen LogP contribution is -1.91. The summed E-state index contributed by atoms with van der Waals surface area (Å²) in [6.07, 6.45) is 1.92. The molecular weight excluding hydrogens is 254 g/mol. The number of methoxy groups -OCH3 is 1. The average molecular weight is 266 g/mol. The summed E-state index contributed by atoms with van der Waals surface area (Å²) < 4.78 is 6.34. The van der Waals surface area contributed by atoms with Gasteiger partial charge < -0.3 is 9.72 Å². The molecule has 1 aromatic carbocycles. The predicted molar refractivity (Wildman–Crippen MR) is 65.2 cm³/mol. The molecule has 0 fully saturated rings. The van der Waals surface area contributed by atoms with Crippen molar-refractivity contribution in [3.8, 4) is 17.0 Å². The Morgan fingerprint density at radius 1 is 1.27 bits per heavy atom. The number of halogens is 1. The van der Waals surface area contributed by atoms with Gasteiger partial charge in [-0.05, 0) is 41.1 Å². The lowest BCUT2D eigenvalue weighted by Gasteiger charge is -2.11. The highest BCUT2D eigenvalue weighted by Gasteiger charge is 2.10. The molecule has 0 radical (unpaired) electrons. The smallest absolute Gasteiger partial charge is 0.136 e. The Morgan fingerprint density at radius 3 is 2.67 bits per heavy atom. The number of hydrogen-bond acceptors (Lipinski definition) is 1. The Balaban J connectivity index is 2.60. The number of nitrogens with one attached hydrogen (secondary N) is 1. The zero-order valence-corrected chi connectivity index (χ0v) is 10.3. The van der Waals surface area contributed by atoms with Crippen molar-refractivity contribution >= 4 is 15.9 Å². The van der Waals surface area contributed by atoms with Gasteiger partial charge in [0, 0.05) is 23.0 Å². The zero-order chi connectivity index (χ0) is 10.8. The van der Waals surface area contributed by atoms with Crippen LogP contribution in [0, 0.1) is 6.92 Å². The first kappa shape index (κ1) is 10.3. The van der Waals surface area contributed by atoms with Gasteiger partial charge in [-0.2, -0.15) is 0 Å². The van der Waals surface area contributed by atoms with Crippen LogP contribution in [0.15, 0.2) is 34.9 Å². The van der Waals surface area contributed by atoms with Crippen molar-refractivity contribution < 1.29 is 4.74 Å². The third kappa shape index (κ3) is 1.79. The number of rotatable bonds is 2. The summed E-state index contributed by atoms with van der Waals surface area (Å²) in [5, 5.41) is 0. The van der Waals surface area contributed by atoms with E-state index in [0.717, 1.165) is 21.5 Å². The minimum Gasteiger partial charge on any atom is -0.495 e. The van der Waals surface area contributed by atoms with Gasteiger partial charge in [-0.25, -0.2) is 0 Å². The normalized spacial score (nSPS) is 10.3. The molecule has 0 saturated carbocycles. The maximum atomic E-state index is 5.35. The molecule has 0 saturated heterocycles. The van der Waals surface area contributed by atoms with Gasteiger partial charge in [0.2, 0.25) is 0 Å². The summed E-state index contributed by atoms with van der Waals surface area (Å²) in [7, 11) is 1.69. The van der Waals surface area contributed by atoms with Crippen LogP contribution in [0.3, 0.4) is 0 Å². The van der Waals surface area contributed by atoms with Crippen LogP contribution in [0.4, 0.5) is 0 Å². The molecule has 0 aliphatic carbocycles. The number of H-pyrrole nitrogens is 1. The Hall–Kier alpha value is -1.22. The van der Waals surface area contributed by atoms with E-state index in [1.807, 2.05) is 18.3 Å². The molecule has 1 heterocycles. The standard InChI is InChI=1S/C12H12BrNO/c1-8-9(11-4-3-7-14-11)5-6-10(13)12(8)15-2/h3-7,14H,1-2H3. The van der Waals surface area contributed by atoms with E-state index in [9.17, 15) is 0 Å². The predicted octanol–water partition coefficient (Wildman–Crippen LogP) is 3.76. The summed E-state index contributed by atoms with van der Waals surface area (Å²) >= 11 is 3.47. The lowest BCUT2D eigenvalue weighted by atomic mass is 10.1. The minimum atomic E-state index is 0.891. The first-order valence-corrected chi connectivity index (χ1v) is 5.50. The summed E-state index contributed by atoms with van der Waals surface area (Å²) in [5.74, 6) is 0.891. The van der Waals surface area contributed by atoms with Crippen LogP contribution in [0.5, 0.6) is 5.75 Å². The monoisotopic (exact) mass is 265 g/mol. The number of ether oxygens (including phenoxy) is 1. The Morgan fingerprint density at radius 2 is 2.07 bits per heavy atom. The second-order valence-corrected chi connectivity index (χ2v) is 4.19. The van der Waals surface area contributed by atoms with E-state index in [1.54, 1.807) is 7.11 Å². The van der Waals surface area contributed by atoms with Crippen molar-refractivity contribution in [3.05, 3.63) is 40.5 Å². The Kier molecular flexibility index (Phi) is 2.82. The molecule has 0 atom stereocenters. The van der Waals surface area contributed by atoms with Crippen LogP contribution in [-0.4, -0.2) is 12.1 Å². The minimum absolute atomic E-state index is 0.891. The maximum absolute atomic E-state index is 5.35. The molecule has 0 amide bonds. The molecule has 3 heteroatoms. The molecule has 0 aliphatic heterocycles. The molecule has 2 rings (SSSR count). The molecule has 2 aromatic rings. The Bertz CT molecular complexity index is 463. The van der Waals surface area contributed by atoms with Crippen LogP contribution >= 0.6 is 15.9 Å². The van der Waals surface area contributed by atoms with Crippen molar-refractivity contribution in [1.82, 2.24) is 4.98 Å². The van der Waals surface area contributed by atoms with Crippen molar-refractivity contribution in [2.45, 2.75) is 6.92 Å². The molecule has 0 aliphatic rings. The van der Waals surface area contributed by atoms with Gasteiger partial charge in [0.05, 0.1) is 11.6 Å².